The van der Waals surface area contributed by atoms with E-state index in [1.54, 1.807) is 7.11 Å². The van der Waals surface area contributed by atoms with Crippen molar-refractivity contribution in [2.24, 2.45) is 5.92 Å². The van der Waals surface area contributed by atoms with E-state index in [1.165, 1.54) is 11.1 Å². The smallest absolute Gasteiger partial charge is 0.225 e. The number of fused-ring (bicyclic) bond motifs is 1. The number of hydrogen-bond acceptors (Lipinski definition) is 3. The monoisotopic (exact) mass is 392 g/mol. The maximum Gasteiger partial charge on any atom is 0.225 e. The molecule has 2 amide bonds. The van der Waals surface area contributed by atoms with Crippen LogP contribution in [0.5, 0.6) is 5.75 Å². The van der Waals surface area contributed by atoms with E-state index in [2.05, 4.69) is 29.6 Å². The number of hydrogen-bond donors (Lipinski definition) is 1. The zero-order valence-corrected chi connectivity index (χ0v) is 16.9. The van der Waals surface area contributed by atoms with Crippen molar-refractivity contribution < 1.29 is 14.3 Å². The topological polar surface area (TPSA) is 58.6 Å². The van der Waals surface area contributed by atoms with Gasteiger partial charge in [-0.25, -0.2) is 0 Å². The molecule has 1 aliphatic carbocycles. The second kappa shape index (κ2) is 8.68. The molecule has 0 saturated carbocycles. The van der Waals surface area contributed by atoms with Crippen LogP contribution < -0.4 is 10.1 Å². The first-order valence-electron chi connectivity index (χ1n) is 10.4. The van der Waals surface area contributed by atoms with Gasteiger partial charge >= 0.3 is 0 Å². The van der Waals surface area contributed by atoms with Gasteiger partial charge in [0.2, 0.25) is 11.8 Å². The molecule has 1 saturated heterocycles. The molecule has 1 atom stereocenters. The highest BCUT2D eigenvalue weighted by molar-refractivity contribution is 5.84. The van der Waals surface area contributed by atoms with Crippen LogP contribution in [-0.4, -0.2) is 43.0 Å². The number of nitrogens with zero attached hydrogens (tertiary/aromatic N) is 1. The summed E-state index contributed by atoms with van der Waals surface area (Å²) in [6, 6.07) is 16.5. The predicted octanol–water partition coefficient (Wildman–Crippen LogP) is 2.76. The summed E-state index contributed by atoms with van der Waals surface area (Å²) in [5.41, 5.74) is 3.82. The maximum absolute atomic E-state index is 12.8. The van der Waals surface area contributed by atoms with Gasteiger partial charge in [0.05, 0.1) is 13.0 Å². The second-order valence-electron chi connectivity index (χ2n) is 8.06. The molecular formula is C24H28N2O3. The first-order chi connectivity index (χ1) is 14.1. The molecule has 29 heavy (non-hydrogen) atoms. The molecule has 1 unspecified atom stereocenters. The Morgan fingerprint density at radius 2 is 1.79 bits per heavy atom. The third-order valence-electron chi connectivity index (χ3n) is 6.10. The first kappa shape index (κ1) is 19.5. The van der Waals surface area contributed by atoms with Crippen molar-refractivity contribution in [2.75, 3.05) is 20.2 Å². The summed E-state index contributed by atoms with van der Waals surface area (Å²) in [6.07, 6.45) is 3.67. The van der Waals surface area contributed by atoms with Crippen LogP contribution in [0.4, 0.5) is 0 Å². The van der Waals surface area contributed by atoms with E-state index in [0.29, 0.717) is 25.9 Å². The molecule has 5 nitrogen and oxygen atoms in total. The minimum atomic E-state index is -0.118. The highest BCUT2D eigenvalue weighted by atomic mass is 16.5. The molecule has 1 fully saturated rings. The molecule has 2 aliphatic rings. The van der Waals surface area contributed by atoms with Crippen LogP contribution in [-0.2, 0) is 28.9 Å². The molecule has 1 aliphatic heterocycles. The first-order valence-corrected chi connectivity index (χ1v) is 10.4. The Hall–Kier alpha value is -2.82. The Bertz CT molecular complexity index is 853. The molecule has 2 aromatic rings. The van der Waals surface area contributed by atoms with Crippen LogP contribution in [0, 0.1) is 5.92 Å². The normalized spacial score (nSPS) is 19.1. The van der Waals surface area contributed by atoms with Gasteiger partial charge in [0.1, 0.15) is 5.75 Å². The van der Waals surface area contributed by atoms with Crippen molar-refractivity contribution in [3.63, 3.8) is 0 Å². The molecule has 4 rings (SSSR count). The van der Waals surface area contributed by atoms with Gasteiger partial charge in [0, 0.05) is 25.6 Å². The number of carbonyl (C=O) groups excluding carboxylic acids is 2. The van der Waals surface area contributed by atoms with E-state index in [1.807, 2.05) is 29.2 Å². The fourth-order valence-electron chi connectivity index (χ4n) is 4.38. The molecule has 0 bridgehead atoms. The van der Waals surface area contributed by atoms with Crippen LogP contribution in [0.2, 0.25) is 0 Å². The van der Waals surface area contributed by atoms with Crippen LogP contribution >= 0.6 is 0 Å². The minimum Gasteiger partial charge on any atom is -0.497 e. The summed E-state index contributed by atoms with van der Waals surface area (Å²) < 4.78 is 5.19. The Labute approximate surface area is 172 Å². The minimum absolute atomic E-state index is 0.0877. The van der Waals surface area contributed by atoms with Gasteiger partial charge in [-0.15, -0.1) is 0 Å². The third-order valence-corrected chi connectivity index (χ3v) is 6.10. The largest absolute Gasteiger partial charge is 0.497 e. The van der Waals surface area contributed by atoms with Crippen molar-refractivity contribution in [1.29, 1.82) is 0 Å². The lowest BCUT2D eigenvalue weighted by Crippen LogP contribution is -2.48. The predicted molar refractivity (Wildman–Crippen MR) is 112 cm³/mol. The van der Waals surface area contributed by atoms with Gasteiger partial charge in [0.25, 0.3) is 0 Å². The zero-order valence-electron chi connectivity index (χ0n) is 16.9. The maximum atomic E-state index is 12.8. The Morgan fingerprint density at radius 1 is 1.10 bits per heavy atom. The lowest BCUT2D eigenvalue weighted by atomic mass is 9.95. The SMILES string of the molecule is COc1ccc(CCN2CC(C(=O)NC3Cc4ccccc4C3)CCC2=O)cc1. The second-order valence-corrected chi connectivity index (χ2v) is 8.06. The summed E-state index contributed by atoms with van der Waals surface area (Å²) in [5.74, 6) is 0.946. The molecule has 0 spiro atoms. The van der Waals surface area contributed by atoms with Crippen molar-refractivity contribution >= 4 is 11.8 Å². The number of piperidine rings is 1. The molecule has 0 radical (unpaired) electrons. The summed E-state index contributed by atoms with van der Waals surface area (Å²) in [7, 11) is 1.65. The van der Waals surface area contributed by atoms with Crippen LogP contribution in [0.1, 0.15) is 29.5 Å². The fraction of sp³-hybridized carbons (Fsp3) is 0.417. The number of benzene rings is 2. The molecule has 5 heteroatoms. The lowest BCUT2D eigenvalue weighted by Gasteiger charge is -2.32. The molecule has 152 valence electrons. The van der Waals surface area contributed by atoms with Gasteiger partial charge in [0.15, 0.2) is 0 Å². The highest BCUT2D eigenvalue weighted by Crippen LogP contribution is 2.23. The average Bonchev–Trinajstić information content (AvgIpc) is 3.15. The molecule has 1 heterocycles. The van der Waals surface area contributed by atoms with Crippen LogP contribution in [0.25, 0.3) is 0 Å². The Morgan fingerprint density at radius 3 is 2.45 bits per heavy atom. The third kappa shape index (κ3) is 4.61. The number of amides is 2. The van der Waals surface area contributed by atoms with E-state index in [-0.39, 0.29) is 23.8 Å². The van der Waals surface area contributed by atoms with Crippen molar-refractivity contribution in [1.82, 2.24) is 10.2 Å². The molecular weight excluding hydrogens is 364 g/mol. The molecule has 2 aromatic carbocycles. The number of nitrogens with one attached hydrogen (secondary N) is 1. The van der Waals surface area contributed by atoms with Gasteiger partial charge in [-0.1, -0.05) is 36.4 Å². The summed E-state index contributed by atoms with van der Waals surface area (Å²) in [6.45, 7) is 1.16. The van der Waals surface area contributed by atoms with Gasteiger partial charge in [-0.05, 0) is 54.5 Å². The summed E-state index contributed by atoms with van der Waals surface area (Å²) >= 11 is 0. The Kier molecular flexibility index (Phi) is 5.84. The number of rotatable bonds is 6. The number of ether oxygens (including phenoxy) is 1. The number of likely N-dealkylation sites (tertiary alicyclic amines) is 1. The highest BCUT2D eigenvalue weighted by Gasteiger charge is 2.32. The quantitative estimate of drug-likeness (QED) is 0.822. The molecule has 0 aromatic heterocycles. The summed E-state index contributed by atoms with van der Waals surface area (Å²) in [4.78, 5) is 27.0. The fourth-order valence-corrected chi connectivity index (χ4v) is 4.38. The molecule has 1 N–H and O–H groups in total. The van der Waals surface area contributed by atoms with Crippen LogP contribution in [0.15, 0.2) is 48.5 Å². The van der Waals surface area contributed by atoms with Gasteiger partial charge in [-0.3, -0.25) is 9.59 Å². The summed E-state index contributed by atoms with van der Waals surface area (Å²) in [5, 5.41) is 3.23. The number of methoxy groups -OCH3 is 1. The van der Waals surface area contributed by atoms with Gasteiger partial charge in [-0.2, -0.15) is 0 Å². The standard InChI is InChI=1S/C24H28N2O3/c1-29-22-9-6-17(7-10-22)12-13-26-16-20(8-11-23(26)27)24(28)25-21-14-18-4-2-3-5-19(18)15-21/h2-7,9-10,20-21H,8,11-16H2,1H3,(H,25,28). The van der Waals surface area contributed by atoms with E-state index in [0.717, 1.165) is 30.6 Å². The number of carbonyl (C=O) groups is 2. The van der Waals surface area contributed by atoms with Crippen LogP contribution in [0.3, 0.4) is 0 Å². The van der Waals surface area contributed by atoms with E-state index in [9.17, 15) is 9.59 Å². The zero-order chi connectivity index (χ0) is 20.2. The lowest BCUT2D eigenvalue weighted by molar-refractivity contribution is -0.138. The van der Waals surface area contributed by atoms with Crippen molar-refractivity contribution in [2.45, 2.75) is 38.1 Å². The Balaban J connectivity index is 1.30. The van der Waals surface area contributed by atoms with E-state index in [4.69, 9.17) is 4.74 Å². The van der Waals surface area contributed by atoms with E-state index >= 15 is 0 Å². The van der Waals surface area contributed by atoms with Crippen molar-refractivity contribution in [3.05, 3.63) is 65.2 Å². The van der Waals surface area contributed by atoms with Gasteiger partial charge < -0.3 is 15.0 Å². The van der Waals surface area contributed by atoms with Crippen molar-refractivity contribution in [3.8, 4) is 5.75 Å². The average molecular weight is 392 g/mol. The van der Waals surface area contributed by atoms with E-state index < -0.39 is 0 Å².